The van der Waals surface area contributed by atoms with Gasteiger partial charge in [0.05, 0.1) is 15.8 Å². The number of nitrogens with zero attached hydrogens (tertiary/aromatic N) is 2. The number of hydrogen-bond acceptors (Lipinski definition) is 4. The lowest BCUT2D eigenvalue weighted by Gasteiger charge is -2.07. The van der Waals surface area contributed by atoms with Crippen molar-refractivity contribution in [1.82, 2.24) is 4.98 Å². The molecule has 0 radical (unpaired) electrons. The molecule has 18 heavy (non-hydrogen) atoms. The Morgan fingerprint density at radius 1 is 1.44 bits per heavy atom. The lowest BCUT2D eigenvalue weighted by molar-refractivity contribution is -0.382. The Balaban J connectivity index is 2.49. The number of fused-ring (bicyclic) bond motifs is 1. The van der Waals surface area contributed by atoms with E-state index in [0.29, 0.717) is 23.1 Å². The van der Waals surface area contributed by atoms with E-state index in [-0.39, 0.29) is 10.6 Å². The molecule has 0 saturated heterocycles. The molecule has 0 aliphatic heterocycles. The molecule has 0 fully saturated rings. The van der Waals surface area contributed by atoms with Gasteiger partial charge in [-0.2, -0.15) is 0 Å². The zero-order chi connectivity index (χ0) is 13.0. The Labute approximate surface area is 104 Å². The molecule has 5 heteroatoms. The summed E-state index contributed by atoms with van der Waals surface area (Å²) in [5.74, 6) is 0. The summed E-state index contributed by atoms with van der Waals surface area (Å²) in [6.45, 7) is 4.24. The molecule has 0 bridgehead atoms. The molecule has 1 heterocycles. The van der Waals surface area contributed by atoms with Crippen LogP contribution in [0.3, 0.4) is 0 Å². The summed E-state index contributed by atoms with van der Waals surface area (Å²) in [6, 6.07) is 6.87. The van der Waals surface area contributed by atoms with E-state index in [9.17, 15) is 10.1 Å². The van der Waals surface area contributed by atoms with Crippen molar-refractivity contribution < 1.29 is 4.92 Å². The SMILES string of the molecule is C=CCCNc1ccc2ncccc2c1[N+](=O)[O-]. The summed E-state index contributed by atoms with van der Waals surface area (Å²) >= 11 is 0. The highest BCUT2D eigenvalue weighted by Crippen LogP contribution is 2.32. The molecule has 1 aromatic carbocycles. The summed E-state index contributed by atoms with van der Waals surface area (Å²) < 4.78 is 0. The van der Waals surface area contributed by atoms with Crippen molar-refractivity contribution in [3.63, 3.8) is 0 Å². The predicted octanol–water partition coefficient (Wildman–Crippen LogP) is 3.13. The molecule has 2 aromatic rings. The number of nitro benzene ring substituents is 1. The molecular weight excluding hydrogens is 230 g/mol. The molecule has 0 amide bonds. The van der Waals surface area contributed by atoms with E-state index in [1.54, 1.807) is 36.5 Å². The first-order valence-corrected chi connectivity index (χ1v) is 5.61. The zero-order valence-corrected chi connectivity index (χ0v) is 9.80. The second-order valence-corrected chi connectivity index (χ2v) is 3.79. The van der Waals surface area contributed by atoms with Gasteiger partial charge < -0.3 is 5.32 Å². The number of benzene rings is 1. The lowest BCUT2D eigenvalue weighted by atomic mass is 10.1. The summed E-state index contributed by atoms with van der Waals surface area (Å²) in [5, 5.41) is 14.8. The van der Waals surface area contributed by atoms with Crippen LogP contribution in [0.1, 0.15) is 6.42 Å². The fourth-order valence-corrected chi connectivity index (χ4v) is 1.79. The van der Waals surface area contributed by atoms with Crippen LogP contribution < -0.4 is 5.32 Å². The van der Waals surface area contributed by atoms with Crippen molar-refractivity contribution in [3.05, 3.63) is 53.2 Å². The first-order chi connectivity index (χ1) is 8.74. The molecular formula is C13H13N3O2. The largest absolute Gasteiger partial charge is 0.379 e. The molecule has 0 aliphatic carbocycles. The van der Waals surface area contributed by atoms with E-state index in [2.05, 4.69) is 16.9 Å². The van der Waals surface area contributed by atoms with E-state index in [1.165, 1.54) is 0 Å². The standard InChI is InChI=1S/C13H13N3O2/c1-2-3-8-15-12-7-6-11-10(5-4-9-14-11)13(12)16(17)18/h2,4-7,9,15H,1,3,8H2. The molecule has 0 unspecified atom stereocenters. The number of hydrogen-bond donors (Lipinski definition) is 1. The van der Waals surface area contributed by atoms with Crippen molar-refractivity contribution in [2.24, 2.45) is 0 Å². The van der Waals surface area contributed by atoms with Crippen LogP contribution in [0, 0.1) is 10.1 Å². The molecule has 92 valence electrons. The van der Waals surface area contributed by atoms with Crippen molar-refractivity contribution in [3.8, 4) is 0 Å². The van der Waals surface area contributed by atoms with E-state index in [0.717, 1.165) is 6.42 Å². The molecule has 0 saturated carbocycles. The van der Waals surface area contributed by atoms with Crippen LogP contribution in [0.15, 0.2) is 43.1 Å². The normalized spacial score (nSPS) is 10.2. The zero-order valence-electron chi connectivity index (χ0n) is 9.80. The van der Waals surface area contributed by atoms with Crippen molar-refractivity contribution in [2.75, 3.05) is 11.9 Å². The number of nitro groups is 1. The van der Waals surface area contributed by atoms with Gasteiger partial charge in [-0.3, -0.25) is 15.1 Å². The number of pyridine rings is 1. The molecule has 0 aliphatic rings. The van der Waals surface area contributed by atoms with Gasteiger partial charge in [0.1, 0.15) is 5.69 Å². The fourth-order valence-electron chi connectivity index (χ4n) is 1.79. The Morgan fingerprint density at radius 2 is 2.28 bits per heavy atom. The van der Waals surface area contributed by atoms with Gasteiger partial charge in [0.15, 0.2) is 0 Å². The van der Waals surface area contributed by atoms with Gasteiger partial charge in [0, 0.05) is 12.7 Å². The van der Waals surface area contributed by atoms with Gasteiger partial charge in [-0.05, 0) is 30.7 Å². The molecule has 0 spiro atoms. The van der Waals surface area contributed by atoms with Crippen LogP contribution >= 0.6 is 0 Å². The van der Waals surface area contributed by atoms with Gasteiger partial charge in [-0.25, -0.2) is 0 Å². The molecule has 2 rings (SSSR count). The summed E-state index contributed by atoms with van der Waals surface area (Å²) in [6.07, 6.45) is 4.14. The minimum atomic E-state index is -0.375. The van der Waals surface area contributed by atoms with Crippen LogP contribution in [-0.2, 0) is 0 Å². The van der Waals surface area contributed by atoms with E-state index >= 15 is 0 Å². The minimum Gasteiger partial charge on any atom is -0.379 e. The molecule has 1 N–H and O–H groups in total. The Morgan fingerprint density at radius 3 is 3.00 bits per heavy atom. The van der Waals surface area contributed by atoms with Gasteiger partial charge in [0.25, 0.3) is 0 Å². The maximum absolute atomic E-state index is 11.2. The third-order valence-electron chi connectivity index (χ3n) is 2.60. The Hall–Kier alpha value is -2.43. The van der Waals surface area contributed by atoms with Crippen LogP contribution in [0.2, 0.25) is 0 Å². The molecule has 1 aromatic heterocycles. The monoisotopic (exact) mass is 243 g/mol. The summed E-state index contributed by atoms with van der Waals surface area (Å²) in [7, 11) is 0. The fraction of sp³-hybridized carbons (Fsp3) is 0.154. The van der Waals surface area contributed by atoms with Gasteiger partial charge >= 0.3 is 5.69 Å². The summed E-state index contributed by atoms with van der Waals surface area (Å²) in [4.78, 5) is 14.9. The highest BCUT2D eigenvalue weighted by atomic mass is 16.6. The van der Waals surface area contributed by atoms with Crippen LogP contribution in [0.4, 0.5) is 11.4 Å². The predicted molar refractivity (Wildman–Crippen MR) is 71.7 cm³/mol. The highest BCUT2D eigenvalue weighted by molar-refractivity contribution is 5.94. The van der Waals surface area contributed by atoms with Crippen LogP contribution in [0.25, 0.3) is 10.9 Å². The average molecular weight is 243 g/mol. The van der Waals surface area contributed by atoms with Crippen molar-refractivity contribution in [2.45, 2.75) is 6.42 Å². The van der Waals surface area contributed by atoms with E-state index in [4.69, 9.17) is 0 Å². The minimum absolute atomic E-state index is 0.0738. The van der Waals surface area contributed by atoms with Crippen molar-refractivity contribution in [1.29, 1.82) is 0 Å². The van der Waals surface area contributed by atoms with Gasteiger partial charge in [-0.15, -0.1) is 6.58 Å². The first kappa shape index (κ1) is 12.0. The van der Waals surface area contributed by atoms with Gasteiger partial charge in [-0.1, -0.05) is 6.08 Å². The average Bonchev–Trinajstić information content (AvgIpc) is 2.38. The Kier molecular flexibility index (Phi) is 3.52. The molecule has 5 nitrogen and oxygen atoms in total. The highest BCUT2D eigenvalue weighted by Gasteiger charge is 2.18. The lowest BCUT2D eigenvalue weighted by Crippen LogP contribution is -2.04. The smallest absolute Gasteiger partial charge is 0.301 e. The van der Waals surface area contributed by atoms with E-state index in [1.807, 2.05) is 0 Å². The van der Waals surface area contributed by atoms with Gasteiger partial charge in [0.2, 0.25) is 0 Å². The number of rotatable bonds is 5. The Bertz CT molecular complexity index is 596. The number of aromatic nitrogens is 1. The first-order valence-electron chi connectivity index (χ1n) is 5.61. The van der Waals surface area contributed by atoms with E-state index < -0.39 is 0 Å². The third kappa shape index (κ3) is 2.29. The number of nitrogens with one attached hydrogen (secondary N) is 1. The van der Waals surface area contributed by atoms with Crippen LogP contribution in [0.5, 0.6) is 0 Å². The number of anilines is 1. The maximum Gasteiger partial charge on any atom is 0.301 e. The topological polar surface area (TPSA) is 68.1 Å². The second-order valence-electron chi connectivity index (χ2n) is 3.79. The van der Waals surface area contributed by atoms with Crippen molar-refractivity contribution >= 4 is 22.3 Å². The quantitative estimate of drug-likeness (QED) is 0.379. The second kappa shape index (κ2) is 5.27. The summed E-state index contributed by atoms with van der Waals surface area (Å²) in [5.41, 5.74) is 1.21. The van der Waals surface area contributed by atoms with Crippen LogP contribution in [-0.4, -0.2) is 16.5 Å². The molecule has 0 atom stereocenters. The third-order valence-corrected chi connectivity index (χ3v) is 2.60. The maximum atomic E-state index is 11.2.